The molecular formula is C27H35N5O6S. The number of hydrogen-bond acceptors (Lipinski definition) is 7. The maximum absolute atomic E-state index is 14.0. The smallest absolute Gasteiger partial charge is 0.269 e. The van der Waals surface area contributed by atoms with E-state index in [4.69, 9.17) is 4.74 Å². The van der Waals surface area contributed by atoms with Gasteiger partial charge in [-0.3, -0.25) is 19.1 Å². The average Bonchev–Trinajstić information content (AvgIpc) is 3.59. The van der Waals surface area contributed by atoms with Crippen molar-refractivity contribution in [1.82, 2.24) is 24.3 Å². The molecule has 1 N–H and O–H groups in total. The van der Waals surface area contributed by atoms with Crippen LogP contribution in [0, 0.1) is 6.92 Å². The Morgan fingerprint density at radius 1 is 1.15 bits per heavy atom. The molecule has 39 heavy (non-hydrogen) atoms. The monoisotopic (exact) mass is 557 g/mol. The molecule has 1 saturated carbocycles. The largest absolute Gasteiger partial charge is 0.376 e. The van der Waals surface area contributed by atoms with Gasteiger partial charge in [-0.1, -0.05) is 31.4 Å². The van der Waals surface area contributed by atoms with Crippen LogP contribution in [0.1, 0.15) is 72.6 Å². The van der Waals surface area contributed by atoms with Crippen LogP contribution in [-0.4, -0.2) is 77.0 Å². The van der Waals surface area contributed by atoms with Crippen LogP contribution in [0.25, 0.3) is 0 Å². The van der Waals surface area contributed by atoms with E-state index in [1.165, 1.54) is 23.1 Å². The van der Waals surface area contributed by atoms with Crippen LogP contribution in [0.2, 0.25) is 0 Å². The number of hydrogen-bond donors (Lipinski definition) is 1. The van der Waals surface area contributed by atoms with Gasteiger partial charge in [0.15, 0.2) is 0 Å². The molecule has 0 radical (unpaired) electrons. The van der Waals surface area contributed by atoms with E-state index in [9.17, 15) is 22.8 Å². The van der Waals surface area contributed by atoms with E-state index in [0.717, 1.165) is 38.5 Å². The Hall–Kier alpha value is -3.25. The van der Waals surface area contributed by atoms with E-state index in [1.54, 1.807) is 30.9 Å². The second-order valence-corrected chi connectivity index (χ2v) is 12.4. The van der Waals surface area contributed by atoms with Crippen molar-refractivity contribution in [1.29, 1.82) is 0 Å². The van der Waals surface area contributed by atoms with Gasteiger partial charge in [-0.2, -0.15) is 5.10 Å². The molecule has 1 aromatic carbocycles. The SMILES string of the molecule is Cc1nn(C)cc1[C@H](C(=O)NC1CCCCC1)N(C[C@@H]1CCCO1)C(=O)CN1C(=O)c2ccccc2S1(=O)=O. The van der Waals surface area contributed by atoms with Gasteiger partial charge in [-0.05, 0) is 44.7 Å². The molecule has 5 rings (SSSR count). The van der Waals surface area contributed by atoms with Crippen molar-refractivity contribution in [3.63, 3.8) is 0 Å². The highest BCUT2D eigenvalue weighted by Gasteiger charge is 2.44. The zero-order valence-corrected chi connectivity index (χ0v) is 23.2. The lowest BCUT2D eigenvalue weighted by Crippen LogP contribution is -2.52. The minimum atomic E-state index is -4.20. The molecule has 11 nitrogen and oxygen atoms in total. The van der Waals surface area contributed by atoms with Crippen molar-refractivity contribution in [3.8, 4) is 0 Å². The lowest BCUT2D eigenvalue weighted by Gasteiger charge is -2.35. The highest BCUT2D eigenvalue weighted by molar-refractivity contribution is 7.90. The Kier molecular flexibility index (Phi) is 7.77. The molecule has 2 fully saturated rings. The second kappa shape index (κ2) is 11.1. The minimum absolute atomic E-state index is 0.000414. The molecule has 12 heteroatoms. The quantitative estimate of drug-likeness (QED) is 0.526. The van der Waals surface area contributed by atoms with E-state index >= 15 is 0 Å². The van der Waals surface area contributed by atoms with Crippen LogP contribution in [0.4, 0.5) is 0 Å². The van der Waals surface area contributed by atoms with Crippen molar-refractivity contribution < 1.29 is 27.5 Å². The summed E-state index contributed by atoms with van der Waals surface area (Å²) in [5.41, 5.74) is 1.17. The first-order valence-corrected chi connectivity index (χ1v) is 15.0. The van der Waals surface area contributed by atoms with Crippen molar-refractivity contribution in [3.05, 3.63) is 47.3 Å². The van der Waals surface area contributed by atoms with Crippen molar-refractivity contribution in [2.45, 2.75) is 75.0 Å². The van der Waals surface area contributed by atoms with Crippen LogP contribution < -0.4 is 5.32 Å². The molecule has 2 aliphatic heterocycles. The topological polar surface area (TPSA) is 131 Å². The van der Waals surface area contributed by atoms with E-state index in [-0.39, 0.29) is 35.1 Å². The Labute approximate surface area is 228 Å². The highest BCUT2D eigenvalue weighted by atomic mass is 32.2. The third-order valence-corrected chi connectivity index (χ3v) is 9.58. The molecule has 1 aromatic heterocycles. The zero-order chi connectivity index (χ0) is 27.7. The predicted octanol–water partition coefficient (Wildman–Crippen LogP) is 2.07. The van der Waals surface area contributed by atoms with Gasteiger partial charge in [-0.15, -0.1) is 0 Å². The van der Waals surface area contributed by atoms with Crippen molar-refractivity contribution >= 4 is 27.7 Å². The first-order valence-electron chi connectivity index (χ1n) is 13.5. The highest BCUT2D eigenvalue weighted by Crippen LogP contribution is 2.32. The molecule has 0 spiro atoms. The molecule has 3 amide bonds. The number of rotatable bonds is 8. The van der Waals surface area contributed by atoms with Gasteiger partial charge in [-0.25, -0.2) is 12.7 Å². The summed E-state index contributed by atoms with van der Waals surface area (Å²) in [7, 11) is -2.46. The normalized spacial score (nSPS) is 21.5. The third kappa shape index (κ3) is 5.44. The molecule has 0 unspecified atom stereocenters. The number of nitrogens with zero attached hydrogens (tertiary/aromatic N) is 4. The van der Waals surface area contributed by atoms with Gasteiger partial charge in [0.2, 0.25) is 11.8 Å². The van der Waals surface area contributed by atoms with Gasteiger partial charge >= 0.3 is 0 Å². The molecule has 0 bridgehead atoms. The zero-order valence-electron chi connectivity index (χ0n) is 22.3. The van der Waals surface area contributed by atoms with Crippen molar-refractivity contribution in [2.24, 2.45) is 7.05 Å². The molecule has 1 aliphatic carbocycles. The van der Waals surface area contributed by atoms with Crippen molar-refractivity contribution in [2.75, 3.05) is 19.7 Å². The molecule has 210 valence electrons. The Morgan fingerprint density at radius 3 is 2.54 bits per heavy atom. The fourth-order valence-corrected chi connectivity index (χ4v) is 7.34. The first kappa shape index (κ1) is 27.3. The van der Waals surface area contributed by atoms with E-state index in [1.807, 2.05) is 0 Å². The number of amides is 3. The summed E-state index contributed by atoms with van der Waals surface area (Å²) in [6.45, 7) is 1.70. The number of carbonyl (C=O) groups is 3. The number of ether oxygens (including phenoxy) is 1. The van der Waals surface area contributed by atoms with Crippen LogP contribution in [0.15, 0.2) is 35.4 Å². The number of carbonyl (C=O) groups excluding carboxylic acids is 3. The van der Waals surface area contributed by atoms with Crippen LogP contribution >= 0.6 is 0 Å². The summed E-state index contributed by atoms with van der Waals surface area (Å²) in [6.07, 6.45) is 7.84. The van der Waals surface area contributed by atoms with Crippen LogP contribution in [0.5, 0.6) is 0 Å². The molecule has 3 heterocycles. The molecule has 2 atom stereocenters. The summed E-state index contributed by atoms with van der Waals surface area (Å²) in [5, 5.41) is 7.54. The summed E-state index contributed by atoms with van der Waals surface area (Å²) >= 11 is 0. The van der Waals surface area contributed by atoms with Crippen LogP contribution in [0.3, 0.4) is 0 Å². The third-order valence-electron chi connectivity index (χ3n) is 7.79. The number of nitrogens with one attached hydrogen (secondary N) is 1. The fourth-order valence-electron chi connectivity index (χ4n) is 5.82. The predicted molar refractivity (Wildman–Crippen MR) is 141 cm³/mol. The Bertz CT molecular complexity index is 1360. The maximum Gasteiger partial charge on any atom is 0.269 e. The number of benzene rings is 1. The molecule has 1 saturated heterocycles. The van der Waals surface area contributed by atoms with Gasteiger partial charge in [0, 0.05) is 38.0 Å². The standard InChI is InChI=1S/C27H35N5O6S/c1-18-22(16-30(2)29-18)25(26(34)28-19-9-4-3-5-10-19)31(15-20-11-8-14-38-20)24(33)17-32-27(35)21-12-6-7-13-23(21)39(32,36)37/h6-7,12-13,16,19-20,25H,3-5,8-11,14-15,17H2,1-2H3,(H,28,34)/t20-,25+/m0/s1. The Morgan fingerprint density at radius 2 is 1.90 bits per heavy atom. The number of fused-ring (bicyclic) bond motifs is 1. The second-order valence-electron chi connectivity index (χ2n) is 10.6. The number of sulfonamides is 1. The lowest BCUT2D eigenvalue weighted by molar-refractivity contribution is -0.143. The lowest BCUT2D eigenvalue weighted by atomic mass is 9.94. The summed E-state index contributed by atoms with van der Waals surface area (Å²) < 4.78 is 34.4. The van der Waals surface area contributed by atoms with Crippen LogP contribution in [-0.2, 0) is 31.4 Å². The fraction of sp³-hybridized carbons (Fsp3) is 0.556. The van der Waals surface area contributed by atoms with E-state index < -0.39 is 34.4 Å². The van der Waals surface area contributed by atoms with Gasteiger partial charge < -0.3 is 15.0 Å². The van der Waals surface area contributed by atoms with Gasteiger partial charge in [0.05, 0.1) is 17.4 Å². The van der Waals surface area contributed by atoms with Gasteiger partial charge in [0.1, 0.15) is 17.5 Å². The van der Waals surface area contributed by atoms with Gasteiger partial charge in [0.25, 0.3) is 15.9 Å². The molecular weight excluding hydrogens is 522 g/mol. The molecule has 3 aliphatic rings. The summed E-state index contributed by atoms with van der Waals surface area (Å²) in [4.78, 5) is 42.2. The summed E-state index contributed by atoms with van der Waals surface area (Å²) in [6, 6.07) is 4.86. The average molecular weight is 558 g/mol. The van der Waals surface area contributed by atoms with E-state index in [0.29, 0.717) is 28.6 Å². The first-order chi connectivity index (χ1) is 18.7. The number of aryl methyl sites for hydroxylation is 2. The summed E-state index contributed by atoms with van der Waals surface area (Å²) in [5.74, 6) is -1.75. The van der Waals surface area contributed by atoms with E-state index in [2.05, 4.69) is 10.4 Å². The minimum Gasteiger partial charge on any atom is -0.376 e. The number of aromatic nitrogens is 2. The Balaban J connectivity index is 1.49. The maximum atomic E-state index is 14.0. The molecule has 2 aromatic rings.